The summed E-state index contributed by atoms with van der Waals surface area (Å²) in [7, 11) is 3.85. The fourth-order valence-corrected chi connectivity index (χ4v) is 2.66. The van der Waals surface area contributed by atoms with Gasteiger partial charge in [-0.3, -0.25) is 4.79 Å². The number of hydrogen-bond acceptors (Lipinski definition) is 6. The molecule has 23 heavy (non-hydrogen) atoms. The number of ether oxygens (including phenoxy) is 1. The molecule has 3 heterocycles. The molecule has 1 atom stereocenters. The molecule has 0 aromatic carbocycles. The fourth-order valence-electron chi connectivity index (χ4n) is 2.66. The minimum Gasteiger partial charge on any atom is -0.485 e. The Hall–Kier alpha value is -2.57. The van der Waals surface area contributed by atoms with E-state index in [9.17, 15) is 4.79 Å². The molecule has 1 aliphatic rings. The van der Waals surface area contributed by atoms with Gasteiger partial charge in [-0.1, -0.05) is 0 Å². The molecule has 3 rings (SSSR count). The Morgan fingerprint density at radius 2 is 2.26 bits per heavy atom. The third-order valence-corrected chi connectivity index (χ3v) is 3.85. The molecule has 2 aromatic heterocycles. The summed E-state index contributed by atoms with van der Waals surface area (Å²) in [6, 6.07) is 3.74. The van der Waals surface area contributed by atoms with E-state index in [1.54, 1.807) is 18.0 Å². The summed E-state index contributed by atoms with van der Waals surface area (Å²) < 4.78 is 11.2. The second kappa shape index (κ2) is 6.28. The Morgan fingerprint density at radius 1 is 1.43 bits per heavy atom. The maximum atomic E-state index is 12.4. The van der Waals surface area contributed by atoms with Crippen LogP contribution < -0.4 is 9.64 Å². The number of nitrogens with zero attached hydrogens (tertiary/aromatic N) is 4. The Bertz CT molecular complexity index is 698. The molecule has 1 fully saturated rings. The maximum absolute atomic E-state index is 12.4. The van der Waals surface area contributed by atoms with Crippen molar-refractivity contribution in [1.82, 2.24) is 14.9 Å². The molecule has 1 aliphatic heterocycles. The van der Waals surface area contributed by atoms with Gasteiger partial charge in [-0.2, -0.15) is 0 Å². The summed E-state index contributed by atoms with van der Waals surface area (Å²) in [6.45, 7) is 2.92. The van der Waals surface area contributed by atoms with Crippen molar-refractivity contribution in [2.45, 2.75) is 19.4 Å². The highest BCUT2D eigenvalue weighted by Gasteiger charge is 2.31. The highest BCUT2D eigenvalue weighted by atomic mass is 16.5. The van der Waals surface area contributed by atoms with Gasteiger partial charge >= 0.3 is 0 Å². The van der Waals surface area contributed by atoms with E-state index in [4.69, 9.17) is 9.15 Å². The van der Waals surface area contributed by atoms with E-state index in [1.807, 2.05) is 31.1 Å². The van der Waals surface area contributed by atoms with Crippen molar-refractivity contribution in [2.24, 2.45) is 0 Å². The molecule has 0 bridgehead atoms. The molecule has 7 nitrogen and oxygen atoms in total. The number of carbonyl (C=O) groups excluding carboxylic acids is 1. The van der Waals surface area contributed by atoms with E-state index in [-0.39, 0.29) is 12.0 Å². The Kier molecular flexibility index (Phi) is 4.18. The average Bonchev–Trinajstić information content (AvgIpc) is 3.16. The highest BCUT2D eigenvalue weighted by Crippen LogP contribution is 2.27. The van der Waals surface area contributed by atoms with Gasteiger partial charge in [-0.25, -0.2) is 9.97 Å². The molecule has 0 radical (unpaired) electrons. The van der Waals surface area contributed by atoms with E-state index in [1.165, 1.54) is 6.39 Å². The number of rotatable bonds is 4. The lowest BCUT2D eigenvalue weighted by molar-refractivity contribution is 0.0765. The minimum absolute atomic E-state index is 0.0472. The number of amides is 1. The van der Waals surface area contributed by atoms with Gasteiger partial charge in [-0.15, -0.1) is 0 Å². The molecule has 1 saturated heterocycles. The number of aryl methyl sites for hydroxylation is 1. The summed E-state index contributed by atoms with van der Waals surface area (Å²) in [5.41, 5.74) is 0.376. The third-order valence-electron chi connectivity index (χ3n) is 3.85. The monoisotopic (exact) mass is 316 g/mol. The van der Waals surface area contributed by atoms with E-state index in [0.717, 1.165) is 18.0 Å². The van der Waals surface area contributed by atoms with Crippen molar-refractivity contribution in [1.29, 1.82) is 0 Å². The van der Waals surface area contributed by atoms with Gasteiger partial charge in [-0.05, 0) is 19.1 Å². The molecule has 1 amide bonds. The lowest BCUT2D eigenvalue weighted by Gasteiger charge is -2.20. The van der Waals surface area contributed by atoms with Crippen molar-refractivity contribution in [3.8, 4) is 5.75 Å². The summed E-state index contributed by atoms with van der Waals surface area (Å²) in [6.07, 6.45) is 3.77. The fraction of sp³-hybridized carbons (Fsp3) is 0.438. The zero-order chi connectivity index (χ0) is 16.4. The summed E-state index contributed by atoms with van der Waals surface area (Å²) in [5, 5.41) is 0. The quantitative estimate of drug-likeness (QED) is 0.855. The van der Waals surface area contributed by atoms with Crippen LogP contribution in [0, 0.1) is 6.92 Å². The topological polar surface area (TPSA) is 71.7 Å². The number of carbonyl (C=O) groups is 1. The van der Waals surface area contributed by atoms with Crippen molar-refractivity contribution in [3.05, 3.63) is 36.2 Å². The first-order valence-electron chi connectivity index (χ1n) is 7.54. The Morgan fingerprint density at radius 3 is 2.96 bits per heavy atom. The average molecular weight is 316 g/mol. The molecular weight excluding hydrogens is 296 g/mol. The predicted octanol–water partition coefficient (Wildman–Crippen LogP) is 1.74. The van der Waals surface area contributed by atoms with Crippen molar-refractivity contribution in [3.63, 3.8) is 0 Å². The van der Waals surface area contributed by atoms with Crippen LogP contribution in [0.2, 0.25) is 0 Å². The number of aromatic nitrogens is 2. The van der Waals surface area contributed by atoms with Crippen LogP contribution in [-0.4, -0.2) is 54.1 Å². The summed E-state index contributed by atoms with van der Waals surface area (Å²) in [5.74, 6) is 1.95. The molecule has 122 valence electrons. The largest absolute Gasteiger partial charge is 0.485 e. The van der Waals surface area contributed by atoms with Crippen molar-refractivity contribution in [2.75, 3.05) is 32.1 Å². The number of anilines is 1. The third kappa shape index (κ3) is 3.13. The van der Waals surface area contributed by atoms with Gasteiger partial charge in [0.2, 0.25) is 0 Å². The molecule has 0 aliphatic carbocycles. The van der Waals surface area contributed by atoms with Gasteiger partial charge in [0.15, 0.2) is 23.7 Å². The minimum atomic E-state index is -0.110. The second-order valence-corrected chi connectivity index (χ2v) is 5.76. The molecule has 0 unspecified atom stereocenters. The van der Waals surface area contributed by atoms with Gasteiger partial charge in [0.05, 0.1) is 6.54 Å². The lowest BCUT2D eigenvalue weighted by atomic mass is 10.3. The zero-order valence-corrected chi connectivity index (χ0v) is 13.5. The van der Waals surface area contributed by atoms with E-state index < -0.39 is 0 Å². The first-order chi connectivity index (χ1) is 11.1. The van der Waals surface area contributed by atoms with Crippen LogP contribution >= 0.6 is 0 Å². The van der Waals surface area contributed by atoms with Crippen molar-refractivity contribution < 1.29 is 13.9 Å². The summed E-state index contributed by atoms with van der Waals surface area (Å²) in [4.78, 5) is 24.4. The SMILES string of the molecule is Cc1ocnc1C(=O)N1CC[C@H](Oc2cccnc2N(C)C)C1. The van der Waals surface area contributed by atoms with Crippen LogP contribution in [-0.2, 0) is 0 Å². The lowest BCUT2D eigenvalue weighted by Crippen LogP contribution is -2.31. The summed E-state index contributed by atoms with van der Waals surface area (Å²) >= 11 is 0. The Labute approximate surface area is 134 Å². The van der Waals surface area contributed by atoms with E-state index in [2.05, 4.69) is 9.97 Å². The van der Waals surface area contributed by atoms with E-state index >= 15 is 0 Å². The molecule has 0 N–H and O–H groups in total. The number of oxazole rings is 1. The van der Waals surface area contributed by atoms with Crippen LogP contribution in [0.5, 0.6) is 5.75 Å². The zero-order valence-electron chi connectivity index (χ0n) is 13.5. The van der Waals surface area contributed by atoms with Crippen molar-refractivity contribution >= 4 is 11.7 Å². The smallest absolute Gasteiger partial charge is 0.276 e. The standard InChI is InChI=1S/C16H20N4O3/c1-11-14(18-10-22-11)16(21)20-8-6-12(9-20)23-13-5-4-7-17-15(13)19(2)3/h4-5,7,10,12H,6,8-9H2,1-3H3/t12-/m0/s1. The van der Waals surface area contributed by atoms with Gasteiger partial charge < -0.3 is 19.0 Å². The number of hydrogen-bond donors (Lipinski definition) is 0. The van der Waals surface area contributed by atoms with Gasteiger partial charge in [0.1, 0.15) is 11.9 Å². The molecule has 0 spiro atoms. The van der Waals surface area contributed by atoms with Crippen LogP contribution in [0.25, 0.3) is 0 Å². The predicted molar refractivity (Wildman–Crippen MR) is 84.7 cm³/mol. The van der Waals surface area contributed by atoms with Crippen LogP contribution in [0.1, 0.15) is 22.7 Å². The van der Waals surface area contributed by atoms with Gasteiger partial charge in [0, 0.05) is 33.3 Å². The normalized spacial score (nSPS) is 17.3. The first-order valence-corrected chi connectivity index (χ1v) is 7.54. The Balaban J connectivity index is 1.67. The van der Waals surface area contributed by atoms with Crippen LogP contribution in [0.3, 0.4) is 0 Å². The molecule has 0 saturated carbocycles. The molecule has 2 aromatic rings. The van der Waals surface area contributed by atoms with E-state index in [0.29, 0.717) is 24.5 Å². The number of likely N-dealkylation sites (tertiary alicyclic amines) is 1. The number of pyridine rings is 1. The van der Waals surface area contributed by atoms with Crippen LogP contribution in [0.4, 0.5) is 5.82 Å². The maximum Gasteiger partial charge on any atom is 0.276 e. The van der Waals surface area contributed by atoms with Gasteiger partial charge in [0.25, 0.3) is 5.91 Å². The first kappa shape index (κ1) is 15.3. The highest BCUT2D eigenvalue weighted by molar-refractivity contribution is 5.93. The van der Waals surface area contributed by atoms with Crippen LogP contribution in [0.15, 0.2) is 29.1 Å². The second-order valence-electron chi connectivity index (χ2n) is 5.76. The molecular formula is C16H20N4O3. The molecule has 7 heteroatoms.